The Balaban J connectivity index is 0.00000338. The number of piperidine rings is 1. The molecule has 2 N–H and O–H groups in total. The van der Waals surface area contributed by atoms with E-state index in [4.69, 9.17) is 9.15 Å². The van der Waals surface area contributed by atoms with Crippen molar-refractivity contribution in [3.8, 4) is 0 Å². The summed E-state index contributed by atoms with van der Waals surface area (Å²) in [7, 11) is 0. The van der Waals surface area contributed by atoms with Crippen LogP contribution in [0.2, 0.25) is 0 Å². The number of rotatable bonds is 10. The second-order valence-corrected chi connectivity index (χ2v) is 6.55. The first-order valence-corrected chi connectivity index (χ1v) is 9.66. The van der Waals surface area contributed by atoms with E-state index in [1.54, 1.807) is 6.26 Å². The van der Waals surface area contributed by atoms with Gasteiger partial charge < -0.3 is 19.8 Å². The Morgan fingerprint density at radius 2 is 2.27 bits per heavy atom. The molecule has 1 aliphatic rings. The average Bonchev–Trinajstić information content (AvgIpc) is 3.13. The molecule has 0 spiro atoms. The zero-order chi connectivity index (χ0) is 17.7. The summed E-state index contributed by atoms with van der Waals surface area (Å²) >= 11 is 0. The van der Waals surface area contributed by atoms with E-state index in [-0.39, 0.29) is 24.0 Å². The predicted octanol–water partition coefficient (Wildman–Crippen LogP) is 3.23. The van der Waals surface area contributed by atoms with Crippen LogP contribution >= 0.6 is 24.0 Å². The summed E-state index contributed by atoms with van der Waals surface area (Å²) in [6.07, 6.45) is 6.60. The second-order valence-electron chi connectivity index (χ2n) is 6.55. The van der Waals surface area contributed by atoms with Crippen molar-refractivity contribution in [1.29, 1.82) is 0 Å². The first kappa shape index (κ1) is 23.2. The third-order valence-electron chi connectivity index (χ3n) is 4.52. The molecule has 0 bridgehead atoms. The number of nitrogens with one attached hydrogen (secondary N) is 2. The predicted molar refractivity (Wildman–Crippen MR) is 117 cm³/mol. The van der Waals surface area contributed by atoms with Gasteiger partial charge in [0, 0.05) is 38.8 Å². The monoisotopic (exact) mass is 478 g/mol. The van der Waals surface area contributed by atoms with Crippen molar-refractivity contribution in [3.63, 3.8) is 0 Å². The Labute approximate surface area is 175 Å². The van der Waals surface area contributed by atoms with Gasteiger partial charge in [0.15, 0.2) is 5.96 Å². The number of halogens is 1. The highest BCUT2D eigenvalue weighted by Crippen LogP contribution is 2.15. The van der Waals surface area contributed by atoms with Crippen molar-refractivity contribution in [1.82, 2.24) is 15.5 Å². The van der Waals surface area contributed by atoms with Crippen LogP contribution < -0.4 is 10.6 Å². The molecule has 1 aromatic heterocycles. The number of aliphatic imine (C=N–C) groups is 1. The van der Waals surface area contributed by atoms with Gasteiger partial charge in [0.2, 0.25) is 0 Å². The van der Waals surface area contributed by atoms with Crippen molar-refractivity contribution in [2.75, 3.05) is 39.3 Å². The Hall–Kier alpha value is -0.800. The van der Waals surface area contributed by atoms with E-state index in [9.17, 15) is 0 Å². The summed E-state index contributed by atoms with van der Waals surface area (Å²) in [5, 5.41) is 6.75. The lowest BCUT2D eigenvalue weighted by atomic mass is 10.0. The molecule has 1 fully saturated rings. The van der Waals surface area contributed by atoms with Crippen LogP contribution in [0.3, 0.4) is 0 Å². The maximum absolute atomic E-state index is 5.58. The first-order chi connectivity index (χ1) is 12.3. The molecule has 7 heteroatoms. The van der Waals surface area contributed by atoms with Gasteiger partial charge >= 0.3 is 0 Å². The number of guanidine groups is 1. The van der Waals surface area contributed by atoms with Gasteiger partial charge in [0.25, 0.3) is 0 Å². The highest BCUT2D eigenvalue weighted by molar-refractivity contribution is 14.0. The fraction of sp³-hybridized carbons (Fsp3) is 0.737. The lowest BCUT2D eigenvalue weighted by Crippen LogP contribution is -2.45. The summed E-state index contributed by atoms with van der Waals surface area (Å²) < 4.78 is 10.8. The molecule has 150 valence electrons. The molecule has 0 saturated carbocycles. The molecule has 2 rings (SSSR count). The van der Waals surface area contributed by atoms with Gasteiger partial charge in [0.1, 0.15) is 12.4 Å². The van der Waals surface area contributed by atoms with E-state index < -0.39 is 0 Å². The van der Waals surface area contributed by atoms with Crippen LogP contribution in [0.15, 0.2) is 27.8 Å². The minimum Gasteiger partial charge on any atom is -0.467 e. The third kappa shape index (κ3) is 9.23. The Bertz CT molecular complexity index is 482. The maximum atomic E-state index is 5.58. The Morgan fingerprint density at radius 1 is 1.38 bits per heavy atom. The standard InChI is InChI=1S/C19H34N4O2.HI/c1-3-20-19(22-11-13-23-12-5-4-8-17(23)2)21-10-7-14-24-16-18-9-6-15-25-18;/h6,9,15,17H,3-5,7-8,10-14,16H2,1-2H3,(H2,20,21,22);1H. The minimum absolute atomic E-state index is 0. The van der Waals surface area contributed by atoms with Gasteiger partial charge in [-0.3, -0.25) is 9.89 Å². The molecule has 26 heavy (non-hydrogen) atoms. The maximum Gasteiger partial charge on any atom is 0.191 e. The van der Waals surface area contributed by atoms with Crippen molar-refractivity contribution in [3.05, 3.63) is 24.2 Å². The van der Waals surface area contributed by atoms with Crippen molar-refractivity contribution in [2.45, 2.75) is 52.2 Å². The van der Waals surface area contributed by atoms with Crippen LogP contribution in [0.1, 0.15) is 45.3 Å². The number of hydrogen-bond donors (Lipinski definition) is 2. The third-order valence-corrected chi connectivity index (χ3v) is 4.52. The van der Waals surface area contributed by atoms with Crippen LogP contribution in [0.25, 0.3) is 0 Å². The molecule has 1 aliphatic heterocycles. The summed E-state index contributed by atoms with van der Waals surface area (Å²) in [5.74, 6) is 1.77. The van der Waals surface area contributed by atoms with Crippen LogP contribution in [0.5, 0.6) is 0 Å². The number of likely N-dealkylation sites (tertiary alicyclic amines) is 1. The van der Waals surface area contributed by atoms with Gasteiger partial charge in [-0.1, -0.05) is 6.42 Å². The van der Waals surface area contributed by atoms with Gasteiger partial charge in [-0.2, -0.15) is 0 Å². The number of ether oxygens (including phenoxy) is 1. The van der Waals surface area contributed by atoms with Crippen molar-refractivity contribution >= 4 is 29.9 Å². The zero-order valence-electron chi connectivity index (χ0n) is 16.2. The quantitative estimate of drug-likeness (QED) is 0.234. The molecular formula is C19H35IN4O2. The zero-order valence-corrected chi connectivity index (χ0v) is 18.5. The molecule has 0 radical (unpaired) electrons. The van der Waals surface area contributed by atoms with Gasteiger partial charge in [-0.05, 0) is 51.8 Å². The molecule has 2 heterocycles. The molecule has 0 aromatic carbocycles. The SMILES string of the molecule is CCNC(=NCCCOCc1ccco1)NCCN1CCCCC1C.I. The molecule has 1 atom stereocenters. The number of furan rings is 1. The minimum atomic E-state index is 0. The van der Waals surface area contributed by atoms with E-state index in [1.807, 2.05) is 12.1 Å². The fourth-order valence-electron chi connectivity index (χ4n) is 3.07. The van der Waals surface area contributed by atoms with Crippen LogP contribution in [-0.2, 0) is 11.3 Å². The second kappa shape index (κ2) is 14.3. The topological polar surface area (TPSA) is 62.0 Å². The first-order valence-electron chi connectivity index (χ1n) is 9.66. The number of hydrogen-bond acceptors (Lipinski definition) is 4. The summed E-state index contributed by atoms with van der Waals surface area (Å²) in [5.41, 5.74) is 0. The van der Waals surface area contributed by atoms with E-state index >= 15 is 0 Å². The summed E-state index contributed by atoms with van der Waals surface area (Å²) in [6.45, 7) is 10.5. The van der Waals surface area contributed by atoms with Crippen LogP contribution in [-0.4, -0.2) is 56.2 Å². The molecule has 6 nitrogen and oxygen atoms in total. The largest absolute Gasteiger partial charge is 0.467 e. The highest BCUT2D eigenvalue weighted by Gasteiger charge is 2.17. The van der Waals surface area contributed by atoms with E-state index in [0.29, 0.717) is 19.3 Å². The summed E-state index contributed by atoms with van der Waals surface area (Å²) in [4.78, 5) is 7.19. The van der Waals surface area contributed by atoms with E-state index in [0.717, 1.165) is 44.3 Å². The van der Waals surface area contributed by atoms with Crippen LogP contribution in [0.4, 0.5) is 0 Å². The lowest BCUT2D eigenvalue weighted by Gasteiger charge is -2.33. The molecule has 1 aromatic rings. The van der Waals surface area contributed by atoms with Crippen LogP contribution in [0, 0.1) is 0 Å². The Morgan fingerprint density at radius 3 is 3.00 bits per heavy atom. The summed E-state index contributed by atoms with van der Waals surface area (Å²) in [6, 6.07) is 4.51. The molecular weight excluding hydrogens is 443 g/mol. The molecule has 0 amide bonds. The molecule has 0 aliphatic carbocycles. The molecule has 1 unspecified atom stereocenters. The lowest BCUT2D eigenvalue weighted by molar-refractivity contribution is 0.105. The molecule has 1 saturated heterocycles. The van der Waals surface area contributed by atoms with Gasteiger partial charge in [-0.25, -0.2) is 0 Å². The Kier molecular flexibility index (Phi) is 12.8. The smallest absolute Gasteiger partial charge is 0.191 e. The van der Waals surface area contributed by atoms with Gasteiger partial charge in [-0.15, -0.1) is 24.0 Å². The normalized spacial score (nSPS) is 18.4. The van der Waals surface area contributed by atoms with Gasteiger partial charge in [0.05, 0.1) is 6.26 Å². The van der Waals surface area contributed by atoms with E-state index in [1.165, 1.54) is 25.8 Å². The fourth-order valence-corrected chi connectivity index (χ4v) is 3.07. The highest BCUT2D eigenvalue weighted by atomic mass is 127. The van der Waals surface area contributed by atoms with Crippen molar-refractivity contribution in [2.24, 2.45) is 4.99 Å². The van der Waals surface area contributed by atoms with E-state index in [2.05, 4.69) is 34.4 Å². The average molecular weight is 478 g/mol. The van der Waals surface area contributed by atoms with Crippen molar-refractivity contribution < 1.29 is 9.15 Å². The number of nitrogens with zero attached hydrogens (tertiary/aromatic N) is 2.